The smallest absolute Gasteiger partial charge is 0.388 e. The summed E-state index contributed by atoms with van der Waals surface area (Å²) in [6.07, 6.45) is -4.76. The van der Waals surface area contributed by atoms with Crippen molar-refractivity contribution in [2.24, 2.45) is 5.73 Å². The highest BCUT2D eigenvalue weighted by molar-refractivity contribution is 7.47. The molecule has 9 heteroatoms. The van der Waals surface area contributed by atoms with Crippen LogP contribution in [0.2, 0.25) is 0 Å². The van der Waals surface area contributed by atoms with Gasteiger partial charge in [-0.1, -0.05) is 0 Å². The standard InChI is InChI=1S/C8H18NO7P/c1-4(2)15-17(12,13)16-8-7(11)6(10)5(9)3-14-8/h4-8,10-11H,3,9H2,1-2H3,(H,12,13)/t5-,6-,7?,8?/m0/s1. The summed E-state index contributed by atoms with van der Waals surface area (Å²) in [5.41, 5.74) is 5.42. The van der Waals surface area contributed by atoms with Gasteiger partial charge in [-0.25, -0.2) is 4.57 Å². The molecule has 3 unspecified atom stereocenters. The Labute approximate surface area is 98.9 Å². The van der Waals surface area contributed by atoms with E-state index in [4.69, 9.17) is 10.5 Å². The molecule has 0 radical (unpaired) electrons. The number of rotatable bonds is 4. The summed E-state index contributed by atoms with van der Waals surface area (Å²) in [6, 6.07) is -0.769. The van der Waals surface area contributed by atoms with Crippen LogP contribution in [0, 0.1) is 0 Å². The highest BCUT2D eigenvalue weighted by Gasteiger charge is 2.41. The average Bonchev–Trinajstić information content (AvgIpc) is 2.17. The molecule has 0 aromatic carbocycles. The highest BCUT2D eigenvalue weighted by Crippen LogP contribution is 2.46. The number of ether oxygens (including phenoxy) is 1. The van der Waals surface area contributed by atoms with E-state index in [1.54, 1.807) is 13.8 Å². The van der Waals surface area contributed by atoms with Crippen LogP contribution in [0.1, 0.15) is 13.8 Å². The summed E-state index contributed by atoms with van der Waals surface area (Å²) >= 11 is 0. The molecule has 0 aliphatic carbocycles. The summed E-state index contributed by atoms with van der Waals surface area (Å²) in [5, 5.41) is 19.0. The molecule has 0 aromatic rings. The lowest BCUT2D eigenvalue weighted by atomic mass is 10.0. The molecule has 1 rings (SSSR count). The molecule has 1 saturated heterocycles. The minimum Gasteiger partial charge on any atom is -0.388 e. The summed E-state index contributed by atoms with van der Waals surface area (Å²) < 4.78 is 25.6. The summed E-state index contributed by atoms with van der Waals surface area (Å²) in [6.45, 7) is 3.01. The first-order valence-electron chi connectivity index (χ1n) is 5.16. The Morgan fingerprint density at radius 1 is 1.41 bits per heavy atom. The number of phosphoric acid groups is 1. The molecule has 1 aliphatic rings. The molecule has 0 bridgehead atoms. The lowest BCUT2D eigenvalue weighted by Crippen LogP contribution is -2.56. The van der Waals surface area contributed by atoms with Gasteiger partial charge in [-0.2, -0.15) is 0 Å². The van der Waals surface area contributed by atoms with Gasteiger partial charge in [-0.3, -0.25) is 9.05 Å². The second kappa shape index (κ2) is 5.73. The van der Waals surface area contributed by atoms with Crippen LogP contribution in [0.25, 0.3) is 0 Å². The van der Waals surface area contributed by atoms with E-state index < -0.39 is 38.5 Å². The Morgan fingerprint density at radius 2 is 2.00 bits per heavy atom. The van der Waals surface area contributed by atoms with Crippen LogP contribution in [-0.4, -0.2) is 52.4 Å². The van der Waals surface area contributed by atoms with E-state index in [9.17, 15) is 19.7 Å². The molecule has 1 heterocycles. The number of nitrogens with two attached hydrogens (primary N) is 1. The van der Waals surface area contributed by atoms with Crippen molar-refractivity contribution in [3.05, 3.63) is 0 Å². The number of hydrogen-bond acceptors (Lipinski definition) is 7. The quantitative estimate of drug-likeness (QED) is 0.475. The van der Waals surface area contributed by atoms with Crippen molar-refractivity contribution in [1.29, 1.82) is 0 Å². The van der Waals surface area contributed by atoms with Gasteiger partial charge in [0, 0.05) is 0 Å². The first-order chi connectivity index (χ1) is 7.73. The van der Waals surface area contributed by atoms with Gasteiger partial charge in [0.25, 0.3) is 0 Å². The Balaban J connectivity index is 2.60. The molecule has 0 aromatic heterocycles. The molecule has 0 saturated carbocycles. The molecule has 102 valence electrons. The van der Waals surface area contributed by atoms with Crippen molar-refractivity contribution in [1.82, 2.24) is 0 Å². The molecule has 5 atom stereocenters. The van der Waals surface area contributed by atoms with Gasteiger partial charge < -0.3 is 25.6 Å². The lowest BCUT2D eigenvalue weighted by molar-refractivity contribution is -0.220. The molecule has 1 fully saturated rings. The van der Waals surface area contributed by atoms with Crippen LogP contribution in [0.3, 0.4) is 0 Å². The van der Waals surface area contributed by atoms with Crippen molar-refractivity contribution < 1.29 is 33.5 Å². The minimum absolute atomic E-state index is 0.0927. The van der Waals surface area contributed by atoms with E-state index in [1.807, 2.05) is 0 Å². The van der Waals surface area contributed by atoms with E-state index in [0.29, 0.717) is 0 Å². The fourth-order valence-electron chi connectivity index (χ4n) is 1.33. The minimum atomic E-state index is -4.34. The van der Waals surface area contributed by atoms with Crippen LogP contribution in [-0.2, 0) is 18.3 Å². The van der Waals surface area contributed by atoms with E-state index in [-0.39, 0.29) is 6.61 Å². The zero-order valence-corrected chi connectivity index (χ0v) is 10.5. The van der Waals surface area contributed by atoms with Gasteiger partial charge in [0.1, 0.15) is 12.2 Å². The molecule has 5 N–H and O–H groups in total. The van der Waals surface area contributed by atoms with E-state index in [0.717, 1.165) is 0 Å². The molecular weight excluding hydrogens is 253 g/mol. The molecule has 0 spiro atoms. The predicted molar refractivity (Wildman–Crippen MR) is 56.9 cm³/mol. The van der Waals surface area contributed by atoms with Gasteiger partial charge in [-0.05, 0) is 13.8 Å². The van der Waals surface area contributed by atoms with Crippen LogP contribution in [0.4, 0.5) is 0 Å². The zero-order chi connectivity index (χ0) is 13.2. The number of aliphatic hydroxyl groups is 2. The van der Waals surface area contributed by atoms with Gasteiger partial charge in [0.15, 0.2) is 6.29 Å². The molecule has 17 heavy (non-hydrogen) atoms. The van der Waals surface area contributed by atoms with Gasteiger partial charge in [-0.15, -0.1) is 0 Å². The maximum Gasteiger partial charge on any atom is 0.474 e. The van der Waals surface area contributed by atoms with E-state index >= 15 is 0 Å². The van der Waals surface area contributed by atoms with Crippen molar-refractivity contribution in [2.75, 3.05) is 6.61 Å². The number of phosphoric ester groups is 1. The van der Waals surface area contributed by atoms with Crippen LogP contribution < -0.4 is 5.73 Å². The second-order valence-corrected chi connectivity index (χ2v) is 5.43. The summed E-state index contributed by atoms with van der Waals surface area (Å²) in [5.74, 6) is 0. The maximum absolute atomic E-state index is 11.4. The lowest BCUT2D eigenvalue weighted by Gasteiger charge is -2.35. The summed E-state index contributed by atoms with van der Waals surface area (Å²) in [4.78, 5) is 9.31. The van der Waals surface area contributed by atoms with E-state index in [2.05, 4.69) is 9.05 Å². The zero-order valence-electron chi connectivity index (χ0n) is 9.59. The Bertz CT molecular complexity index is 300. The van der Waals surface area contributed by atoms with Crippen molar-refractivity contribution in [3.63, 3.8) is 0 Å². The molecule has 0 amide bonds. The monoisotopic (exact) mass is 271 g/mol. The van der Waals surface area contributed by atoms with Crippen molar-refractivity contribution in [2.45, 2.75) is 44.5 Å². The first kappa shape index (κ1) is 15.0. The van der Waals surface area contributed by atoms with Crippen molar-refractivity contribution >= 4 is 7.82 Å². The molecular formula is C8H18NO7P. The van der Waals surface area contributed by atoms with Gasteiger partial charge in [0.05, 0.1) is 18.8 Å². The van der Waals surface area contributed by atoms with E-state index in [1.165, 1.54) is 0 Å². The van der Waals surface area contributed by atoms with Gasteiger partial charge in [0.2, 0.25) is 0 Å². The van der Waals surface area contributed by atoms with Crippen LogP contribution in [0.5, 0.6) is 0 Å². The maximum atomic E-state index is 11.4. The predicted octanol–water partition coefficient (Wildman–Crippen LogP) is -1.07. The summed E-state index contributed by atoms with van der Waals surface area (Å²) in [7, 11) is -4.34. The molecule has 1 aliphatic heterocycles. The Hall–Kier alpha value is -0.0500. The SMILES string of the molecule is CC(C)OP(=O)(O)OC1OC[C@H](N)[C@H](O)C1O. The van der Waals surface area contributed by atoms with Crippen LogP contribution in [0.15, 0.2) is 0 Å². The average molecular weight is 271 g/mol. The third-order valence-corrected chi connectivity index (χ3v) is 3.26. The fraction of sp³-hybridized carbons (Fsp3) is 1.00. The van der Waals surface area contributed by atoms with Gasteiger partial charge >= 0.3 is 7.82 Å². The second-order valence-electron chi connectivity index (χ2n) is 4.07. The van der Waals surface area contributed by atoms with Crippen LogP contribution >= 0.6 is 7.82 Å². The Kier molecular flexibility index (Phi) is 5.06. The Morgan fingerprint density at radius 3 is 2.53 bits per heavy atom. The molecule has 8 nitrogen and oxygen atoms in total. The third kappa shape index (κ3) is 4.27. The normalized spacial score (nSPS) is 38.1. The highest BCUT2D eigenvalue weighted by atomic mass is 31.2. The topological polar surface area (TPSA) is 131 Å². The number of hydrogen-bond donors (Lipinski definition) is 4. The third-order valence-electron chi connectivity index (χ3n) is 2.10. The largest absolute Gasteiger partial charge is 0.474 e. The van der Waals surface area contributed by atoms with Crippen molar-refractivity contribution in [3.8, 4) is 0 Å². The number of aliphatic hydroxyl groups excluding tert-OH is 2. The fourth-order valence-corrected chi connectivity index (χ4v) is 2.36. The first-order valence-corrected chi connectivity index (χ1v) is 6.65.